The van der Waals surface area contributed by atoms with E-state index < -0.39 is 34.5 Å². The number of imide groups is 1. The molecule has 0 N–H and O–H groups in total. The quantitative estimate of drug-likeness (QED) is 0.263. The summed E-state index contributed by atoms with van der Waals surface area (Å²) in [4.78, 5) is 53.7. The Kier molecular flexibility index (Phi) is 4.07. The minimum absolute atomic E-state index is 0.242. The van der Waals surface area contributed by atoms with E-state index in [1.807, 2.05) is 55.5 Å². The predicted molar refractivity (Wildman–Crippen MR) is 123 cm³/mol. The van der Waals surface area contributed by atoms with Crippen LogP contribution in [0.15, 0.2) is 72.8 Å². The van der Waals surface area contributed by atoms with Gasteiger partial charge in [0.25, 0.3) is 0 Å². The van der Waals surface area contributed by atoms with Crippen LogP contribution >= 0.6 is 0 Å². The van der Waals surface area contributed by atoms with Crippen LogP contribution in [-0.2, 0) is 30.0 Å². The summed E-state index contributed by atoms with van der Waals surface area (Å²) in [6.45, 7) is 3.29. The fraction of sp³-hybridized carbons (Fsp3) is 0.214. The van der Waals surface area contributed by atoms with Crippen LogP contribution in [0.4, 0.5) is 5.69 Å². The van der Waals surface area contributed by atoms with E-state index in [9.17, 15) is 19.2 Å². The van der Waals surface area contributed by atoms with Crippen LogP contribution < -0.4 is 9.64 Å². The second-order valence-electron chi connectivity index (χ2n) is 9.34. The van der Waals surface area contributed by atoms with Gasteiger partial charge in [-0.3, -0.25) is 14.4 Å². The molecule has 3 aliphatic carbocycles. The average Bonchev–Trinajstić information content (AvgIpc) is 3.11. The zero-order valence-electron chi connectivity index (χ0n) is 18.6. The van der Waals surface area contributed by atoms with Crippen LogP contribution in [0, 0.1) is 11.8 Å². The molecule has 6 heteroatoms. The molecule has 3 aromatic rings. The van der Waals surface area contributed by atoms with E-state index in [1.54, 1.807) is 18.2 Å². The van der Waals surface area contributed by atoms with E-state index in [-0.39, 0.29) is 11.7 Å². The Bertz CT molecular complexity index is 1380. The van der Waals surface area contributed by atoms with Gasteiger partial charge in [0.05, 0.1) is 22.9 Å². The third-order valence-electron chi connectivity index (χ3n) is 7.81. The first kappa shape index (κ1) is 20.5. The Labute approximate surface area is 196 Å². The van der Waals surface area contributed by atoms with Crippen LogP contribution in [0.25, 0.3) is 0 Å². The zero-order valence-corrected chi connectivity index (χ0v) is 18.6. The van der Waals surface area contributed by atoms with E-state index in [4.69, 9.17) is 4.74 Å². The lowest BCUT2D eigenvalue weighted by Crippen LogP contribution is -2.61. The molecule has 2 bridgehead atoms. The van der Waals surface area contributed by atoms with Crippen molar-refractivity contribution in [1.29, 1.82) is 0 Å². The summed E-state index contributed by atoms with van der Waals surface area (Å²) < 4.78 is 5.18. The summed E-state index contributed by atoms with van der Waals surface area (Å²) in [6, 6.07) is 21.6. The van der Waals surface area contributed by atoms with Gasteiger partial charge in [-0.1, -0.05) is 61.5 Å². The van der Waals surface area contributed by atoms with Crippen molar-refractivity contribution in [3.63, 3.8) is 0 Å². The maximum absolute atomic E-state index is 14.0. The van der Waals surface area contributed by atoms with Gasteiger partial charge in [0.2, 0.25) is 11.8 Å². The molecule has 1 heterocycles. The summed E-state index contributed by atoms with van der Waals surface area (Å²) in [7, 11) is 0. The molecule has 2 amide bonds. The number of amides is 2. The van der Waals surface area contributed by atoms with Crippen LogP contribution in [0.2, 0.25) is 0 Å². The lowest BCUT2D eigenvalue weighted by molar-refractivity contribution is -0.132. The third kappa shape index (κ3) is 2.25. The Morgan fingerprint density at radius 2 is 1.41 bits per heavy atom. The van der Waals surface area contributed by atoms with E-state index in [1.165, 1.54) is 13.0 Å². The number of hydrogen-bond donors (Lipinski definition) is 0. The number of esters is 1. The zero-order chi connectivity index (χ0) is 23.8. The molecule has 6 nitrogen and oxygen atoms in total. The topological polar surface area (TPSA) is 80.8 Å². The molecule has 0 unspecified atom stereocenters. The van der Waals surface area contributed by atoms with Crippen molar-refractivity contribution in [2.45, 2.75) is 24.7 Å². The molecular formula is C28H21NO5. The standard InChI is InChI=1S/C28H21NO5/c1-16(31)34-18-9-7-8-17(14-18)29-25(32)23-24(26(29)33)28(15-30)21-12-5-3-10-19(21)27(23,2)20-11-4-6-13-22(20)28/h3-15,23-24H,1-2H3/t23-,24-,27?,28?/m0/s1. The van der Waals surface area contributed by atoms with Crippen molar-refractivity contribution in [2.75, 3.05) is 4.90 Å². The monoisotopic (exact) mass is 451 g/mol. The molecule has 1 aliphatic heterocycles. The van der Waals surface area contributed by atoms with Gasteiger partial charge in [-0.2, -0.15) is 0 Å². The Morgan fingerprint density at radius 1 is 0.853 bits per heavy atom. The summed E-state index contributed by atoms with van der Waals surface area (Å²) >= 11 is 0. The van der Waals surface area contributed by atoms with Crippen molar-refractivity contribution in [3.05, 3.63) is 95.1 Å². The summed E-state index contributed by atoms with van der Waals surface area (Å²) in [5, 5.41) is 0. The first-order valence-electron chi connectivity index (χ1n) is 11.2. The lowest BCUT2D eigenvalue weighted by atomic mass is 9.42. The van der Waals surface area contributed by atoms with Crippen molar-refractivity contribution in [2.24, 2.45) is 11.8 Å². The van der Waals surface area contributed by atoms with Gasteiger partial charge in [-0.25, -0.2) is 4.90 Å². The molecule has 0 saturated carbocycles. The van der Waals surface area contributed by atoms with E-state index >= 15 is 0 Å². The lowest BCUT2D eigenvalue weighted by Gasteiger charge is -2.56. The predicted octanol–water partition coefficient (Wildman–Crippen LogP) is 3.54. The minimum Gasteiger partial charge on any atom is -0.427 e. The highest BCUT2D eigenvalue weighted by Crippen LogP contribution is 2.66. The maximum atomic E-state index is 14.0. The smallest absolute Gasteiger partial charge is 0.308 e. The third-order valence-corrected chi connectivity index (χ3v) is 7.81. The Hall–Kier alpha value is -4.06. The van der Waals surface area contributed by atoms with E-state index in [2.05, 4.69) is 0 Å². The maximum Gasteiger partial charge on any atom is 0.308 e. The first-order chi connectivity index (χ1) is 16.4. The van der Waals surface area contributed by atoms with Crippen molar-refractivity contribution in [1.82, 2.24) is 0 Å². The van der Waals surface area contributed by atoms with Gasteiger partial charge < -0.3 is 9.53 Å². The molecule has 0 spiro atoms. The number of anilines is 1. The highest BCUT2D eigenvalue weighted by atomic mass is 16.5. The molecular weight excluding hydrogens is 430 g/mol. The molecule has 1 fully saturated rings. The minimum atomic E-state index is -1.26. The van der Waals surface area contributed by atoms with Gasteiger partial charge in [0.15, 0.2) is 0 Å². The average molecular weight is 451 g/mol. The highest BCUT2D eigenvalue weighted by Gasteiger charge is 2.72. The van der Waals surface area contributed by atoms with Crippen molar-refractivity contribution in [3.8, 4) is 5.75 Å². The van der Waals surface area contributed by atoms with Gasteiger partial charge in [0.1, 0.15) is 12.0 Å². The van der Waals surface area contributed by atoms with Crippen LogP contribution in [0.5, 0.6) is 5.75 Å². The number of aldehydes is 1. The summed E-state index contributed by atoms with van der Waals surface area (Å²) in [5.41, 5.74) is 1.65. The van der Waals surface area contributed by atoms with E-state index in [0.29, 0.717) is 5.69 Å². The second-order valence-corrected chi connectivity index (χ2v) is 9.34. The van der Waals surface area contributed by atoms with Gasteiger partial charge in [-0.15, -0.1) is 0 Å². The molecule has 0 aromatic heterocycles. The summed E-state index contributed by atoms with van der Waals surface area (Å²) in [5.74, 6) is -2.64. The second kappa shape index (κ2) is 6.73. The number of carbonyl (C=O) groups excluding carboxylic acids is 4. The van der Waals surface area contributed by atoms with Crippen molar-refractivity contribution < 1.29 is 23.9 Å². The molecule has 3 aromatic carbocycles. The van der Waals surface area contributed by atoms with Crippen LogP contribution in [0.1, 0.15) is 36.1 Å². The Morgan fingerprint density at radius 3 is 1.97 bits per heavy atom. The summed E-state index contributed by atoms with van der Waals surface area (Å²) in [6.07, 6.45) is 0.852. The fourth-order valence-electron chi connectivity index (χ4n) is 6.57. The van der Waals surface area contributed by atoms with Gasteiger partial charge in [-0.05, 0) is 34.4 Å². The number of rotatable bonds is 3. The molecule has 34 heavy (non-hydrogen) atoms. The molecule has 0 radical (unpaired) electrons. The highest BCUT2D eigenvalue weighted by molar-refractivity contribution is 6.25. The number of nitrogens with zero attached hydrogens (tertiary/aromatic N) is 1. The molecule has 2 atom stereocenters. The SMILES string of the molecule is CC(=O)Oc1cccc(N2C(=O)[C@@H]3[C@@H](C2=O)C2(C=O)c4ccccc4C3(C)c3ccccc32)c1. The number of ether oxygens (including phenoxy) is 1. The molecule has 4 aliphatic rings. The first-order valence-corrected chi connectivity index (χ1v) is 11.2. The van der Waals surface area contributed by atoms with Crippen LogP contribution in [0.3, 0.4) is 0 Å². The fourth-order valence-corrected chi connectivity index (χ4v) is 6.57. The number of benzene rings is 3. The number of hydrogen-bond acceptors (Lipinski definition) is 5. The molecule has 168 valence electrons. The molecule has 1 saturated heterocycles. The van der Waals surface area contributed by atoms with Gasteiger partial charge >= 0.3 is 5.97 Å². The Balaban J connectivity index is 1.61. The normalized spacial score (nSPS) is 28.2. The van der Waals surface area contributed by atoms with Crippen molar-refractivity contribution >= 4 is 29.8 Å². The van der Waals surface area contributed by atoms with Gasteiger partial charge in [0, 0.05) is 18.4 Å². The number of carbonyl (C=O) groups is 4. The largest absolute Gasteiger partial charge is 0.427 e. The van der Waals surface area contributed by atoms with Crippen LogP contribution in [-0.4, -0.2) is 24.1 Å². The van der Waals surface area contributed by atoms with E-state index in [0.717, 1.165) is 33.4 Å². The molecule has 7 rings (SSSR count).